The van der Waals surface area contributed by atoms with E-state index in [1.807, 2.05) is 25.1 Å². The van der Waals surface area contributed by atoms with E-state index in [9.17, 15) is 0 Å². The highest BCUT2D eigenvalue weighted by atomic mass is 35.5. The summed E-state index contributed by atoms with van der Waals surface area (Å²) in [4.78, 5) is 4.34. The van der Waals surface area contributed by atoms with Crippen LogP contribution in [0.15, 0.2) is 36.4 Å². The summed E-state index contributed by atoms with van der Waals surface area (Å²) in [6, 6.07) is 14.0. The second kappa shape index (κ2) is 4.99. The van der Waals surface area contributed by atoms with Crippen LogP contribution in [-0.4, -0.2) is 4.98 Å². The number of nitrogens with zero attached hydrogens (tertiary/aromatic N) is 1. The predicted octanol–water partition coefficient (Wildman–Crippen LogP) is 3.42. The smallest absolute Gasteiger partial charge is 0.138 e. The second-order valence-corrected chi connectivity index (χ2v) is 3.82. The highest BCUT2D eigenvalue weighted by molar-refractivity contribution is 6.32. The van der Waals surface area contributed by atoms with Gasteiger partial charge in [-0.05, 0) is 37.3 Å². The number of pyridine rings is 1. The molecular weight excluding hydrogens is 222 g/mol. The Labute approximate surface area is 99.9 Å². The van der Waals surface area contributed by atoms with Crippen molar-refractivity contribution in [2.45, 2.75) is 13.5 Å². The molecule has 2 aromatic rings. The van der Waals surface area contributed by atoms with Crippen molar-refractivity contribution in [1.82, 2.24) is 4.98 Å². The monoisotopic (exact) mass is 232 g/mol. The van der Waals surface area contributed by atoms with Gasteiger partial charge in [0, 0.05) is 5.69 Å². The Hall–Kier alpha value is -1.54. The van der Waals surface area contributed by atoms with Crippen molar-refractivity contribution >= 4 is 11.6 Å². The van der Waals surface area contributed by atoms with Crippen LogP contribution in [0, 0.1) is 13.0 Å². The predicted molar refractivity (Wildman–Crippen MR) is 63.6 cm³/mol. The van der Waals surface area contributed by atoms with Gasteiger partial charge in [-0.1, -0.05) is 23.7 Å². The summed E-state index contributed by atoms with van der Waals surface area (Å²) in [6.45, 7) is 2.37. The van der Waals surface area contributed by atoms with Gasteiger partial charge in [-0.15, -0.1) is 0 Å². The Morgan fingerprint density at radius 2 is 2.25 bits per heavy atom. The summed E-state index contributed by atoms with van der Waals surface area (Å²) in [5.41, 5.74) is 1.87. The highest BCUT2D eigenvalue weighted by Gasteiger charge is 2.01. The summed E-state index contributed by atoms with van der Waals surface area (Å²) >= 11 is 5.95. The molecule has 2 nitrogen and oxygen atoms in total. The molecular formula is C13H11ClNO. The Morgan fingerprint density at radius 1 is 1.38 bits per heavy atom. The van der Waals surface area contributed by atoms with Crippen LogP contribution >= 0.6 is 11.6 Å². The van der Waals surface area contributed by atoms with Crippen molar-refractivity contribution in [2.24, 2.45) is 0 Å². The molecule has 0 spiro atoms. The first-order valence-corrected chi connectivity index (χ1v) is 5.34. The largest absolute Gasteiger partial charge is 0.486 e. The topological polar surface area (TPSA) is 22.1 Å². The molecule has 0 N–H and O–H groups in total. The van der Waals surface area contributed by atoms with Crippen molar-refractivity contribution in [3.05, 3.63) is 58.9 Å². The first-order valence-electron chi connectivity index (χ1n) is 4.96. The maximum absolute atomic E-state index is 5.95. The number of aryl methyl sites for hydroxylation is 1. The molecule has 1 radical (unpaired) electrons. The van der Waals surface area contributed by atoms with E-state index in [4.69, 9.17) is 16.3 Å². The van der Waals surface area contributed by atoms with Crippen LogP contribution in [-0.2, 0) is 6.61 Å². The summed E-state index contributed by atoms with van der Waals surface area (Å²) in [5, 5.41) is 0.565. The molecule has 1 heterocycles. The van der Waals surface area contributed by atoms with Crippen molar-refractivity contribution in [1.29, 1.82) is 0 Å². The lowest BCUT2D eigenvalue weighted by Gasteiger charge is -2.07. The minimum absolute atomic E-state index is 0.422. The van der Waals surface area contributed by atoms with E-state index in [0.29, 0.717) is 17.4 Å². The van der Waals surface area contributed by atoms with E-state index in [0.717, 1.165) is 11.4 Å². The number of halogens is 1. The molecule has 1 aromatic heterocycles. The minimum Gasteiger partial charge on any atom is -0.486 e. The molecule has 0 aliphatic carbocycles. The van der Waals surface area contributed by atoms with Gasteiger partial charge < -0.3 is 4.74 Å². The lowest BCUT2D eigenvalue weighted by molar-refractivity contribution is 0.301. The molecule has 0 aliphatic heterocycles. The van der Waals surface area contributed by atoms with Crippen LogP contribution in [0.2, 0.25) is 5.02 Å². The van der Waals surface area contributed by atoms with E-state index in [2.05, 4.69) is 11.1 Å². The SMILES string of the molecule is Cc1cccc(COc2cc[c]cc2Cl)n1. The summed E-state index contributed by atoms with van der Waals surface area (Å²) in [6.07, 6.45) is 0. The molecule has 0 saturated heterocycles. The van der Waals surface area contributed by atoms with Gasteiger partial charge in [-0.2, -0.15) is 0 Å². The Morgan fingerprint density at radius 3 is 3.00 bits per heavy atom. The highest BCUT2D eigenvalue weighted by Crippen LogP contribution is 2.23. The van der Waals surface area contributed by atoms with Crippen LogP contribution in [0.3, 0.4) is 0 Å². The van der Waals surface area contributed by atoms with Crippen LogP contribution in [0.1, 0.15) is 11.4 Å². The number of rotatable bonds is 3. The molecule has 81 valence electrons. The van der Waals surface area contributed by atoms with Crippen molar-refractivity contribution in [3.8, 4) is 5.75 Å². The van der Waals surface area contributed by atoms with Gasteiger partial charge >= 0.3 is 0 Å². The normalized spacial score (nSPS) is 10.1. The molecule has 0 fully saturated rings. The average molecular weight is 233 g/mol. The molecule has 0 amide bonds. The van der Waals surface area contributed by atoms with Crippen LogP contribution < -0.4 is 4.74 Å². The van der Waals surface area contributed by atoms with Gasteiger partial charge in [-0.3, -0.25) is 4.98 Å². The quantitative estimate of drug-likeness (QED) is 0.809. The van der Waals surface area contributed by atoms with E-state index >= 15 is 0 Å². The van der Waals surface area contributed by atoms with E-state index in [1.54, 1.807) is 18.2 Å². The van der Waals surface area contributed by atoms with E-state index in [-0.39, 0.29) is 0 Å². The number of hydrogen-bond acceptors (Lipinski definition) is 2. The minimum atomic E-state index is 0.422. The zero-order valence-electron chi connectivity index (χ0n) is 8.90. The molecule has 1 aromatic carbocycles. The van der Waals surface area contributed by atoms with Gasteiger partial charge in [-0.25, -0.2) is 0 Å². The third kappa shape index (κ3) is 2.74. The van der Waals surface area contributed by atoms with Crippen LogP contribution in [0.5, 0.6) is 5.75 Å². The maximum atomic E-state index is 5.95. The Bertz CT molecular complexity index is 485. The Balaban J connectivity index is 2.05. The van der Waals surface area contributed by atoms with Gasteiger partial charge in [0.05, 0.1) is 10.7 Å². The van der Waals surface area contributed by atoms with Crippen molar-refractivity contribution < 1.29 is 4.74 Å². The molecule has 0 atom stereocenters. The summed E-state index contributed by atoms with van der Waals surface area (Å²) in [7, 11) is 0. The summed E-state index contributed by atoms with van der Waals surface area (Å²) < 4.78 is 5.56. The Kier molecular flexibility index (Phi) is 3.42. The zero-order valence-corrected chi connectivity index (χ0v) is 9.66. The van der Waals surface area contributed by atoms with Crippen LogP contribution in [0.4, 0.5) is 0 Å². The fourth-order valence-corrected chi connectivity index (χ4v) is 1.52. The van der Waals surface area contributed by atoms with Gasteiger partial charge in [0.15, 0.2) is 0 Å². The third-order valence-electron chi connectivity index (χ3n) is 2.10. The number of ether oxygens (including phenoxy) is 1. The summed E-state index contributed by atoms with van der Waals surface area (Å²) in [5.74, 6) is 0.656. The molecule has 0 bridgehead atoms. The second-order valence-electron chi connectivity index (χ2n) is 3.42. The van der Waals surface area contributed by atoms with Gasteiger partial charge in [0.25, 0.3) is 0 Å². The number of hydrogen-bond donors (Lipinski definition) is 0. The van der Waals surface area contributed by atoms with Crippen molar-refractivity contribution in [2.75, 3.05) is 0 Å². The molecule has 16 heavy (non-hydrogen) atoms. The standard InChI is InChI=1S/C13H11ClNO/c1-10-5-4-6-11(15-10)9-16-13-8-3-2-7-12(13)14/h3-8H,9H2,1H3. The molecule has 0 saturated carbocycles. The van der Waals surface area contributed by atoms with Crippen molar-refractivity contribution in [3.63, 3.8) is 0 Å². The van der Waals surface area contributed by atoms with E-state index < -0.39 is 0 Å². The number of benzene rings is 1. The molecule has 0 aliphatic rings. The first-order chi connectivity index (χ1) is 7.75. The first kappa shape index (κ1) is 11.0. The molecule has 0 unspecified atom stereocenters. The fourth-order valence-electron chi connectivity index (χ4n) is 1.34. The lowest BCUT2D eigenvalue weighted by Crippen LogP contribution is -1.99. The number of aromatic nitrogens is 1. The fraction of sp³-hybridized carbons (Fsp3) is 0.154. The average Bonchev–Trinajstić information content (AvgIpc) is 2.28. The van der Waals surface area contributed by atoms with E-state index in [1.165, 1.54) is 0 Å². The molecule has 2 rings (SSSR count). The van der Waals surface area contributed by atoms with Gasteiger partial charge in [0.1, 0.15) is 12.4 Å². The van der Waals surface area contributed by atoms with Gasteiger partial charge in [0.2, 0.25) is 0 Å². The maximum Gasteiger partial charge on any atom is 0.138 e. The molecule has 3 heteroatoms. The zero-order chi connectivity index (χ0) is 11.4. The van der Waals surface area contributed by atoms with Crippen LogP contribution in [0.25, 0.3) is 0 Å². The lowest BCUT2D eigenvalue weighted by atomic mass is 10.3. The third-order valence-corrected chi connectivity index (χ3v) is 2.39.